The van der Waals surface area contributed by atoms with Crippen molar-refractivity contribution in [1.82, 2.24) is 5.16 Å². The predicted molar refractivity (Wildman–Crippen MR) is 118 cm³/mol. The van der Waals surface area contributed by atoms with E-state index in [-0.39, 0.29) is 21.5 Å². The standard InChI is InChI=1S/C21H19ClFN3O4S/c1-3-20(27)24-21-13(2)25-30-19(21)11-6-14-4-8-16(9-5-14)31(28,29)26-15-7-10-18(23)17(22)12-15/h4-12,26H,3H2,1-2H3,(H,24,27)/b11-6-. The Labute approximate surface area is 184 Å². The van der Waals surface area contributed by atoms with Crippen molar-refractivity contribution < 1.29 is 22.1 Å². The quantitative estimate of drug-likeness (QED) is 0.508. The number of halogens is 2. The van der Waals surface area contributed by atoms with E-state index in [2.05, 4.69) is 15.2 Å². The van der Waals surface area contributed by atoms with Crippen LogP contribution >= 0.6 is 11.6 Å². The minimum absolute atomic E-state index is 0.0245. The highest BCUT2D eigenvalue weighted by Crippen LogP contribution is 2.24. The number of hydrogen-bond acceptors (Lipinski definition) is 5. The first kappa shape index (κ1) is 22.5. The molecule has 162 valence electrons. The fourth-order valence-electron chi connectivity index (χ4n) is 2.58. The van der Waals surface area contributed by atoms with E-state index in [9.17, 15) is 17.6 Å². The fourth-order valence-corrected chi connectivity index (χ4v) is 3.81. The Morgan fingerprint density at radius 1 is 1.19 bits per heavy atom. The average Bonchev–Trinajstić information content (AvgIpc) is 3.08. The van der Waals surface area contributed by atoms with Crippen molar-refractivity contribution >= 4 is 51.1 Å². The van der Waals surface area contributed by atoms with Crippen LogP contribution in [0.5, 0.6) is 0 Å². The van der Waals surface area contributed by atoms with Crippen LogP contribution in [0.25, 0.3) is 12.2 Å². The number of nitrogens with zero attached hydrogens (tertiary/aromatic N) is 1. The summed E-state index contributed by atoms with van der Waals surface area (Å²) in [5.74, 6) is -0.420. The van der Waals surface area contributed by atoms with Crippen LogP contribution in [-0.4, -0.2) is 19.5 Å². The number of anilines is 2. The van der Waals surface area contributed by atoms with Gasteiger partial charge in [-0.2, -0.15) is 0 Å². The number of aromatic nitrogens is 1. The van der Waals surface area contributed by atoms with E-state index in [0.717, 1.165) is 6.07 Å². The molecule has 1 aromatic heterocycles. The second kappa shape index (κ2) is 9.32. The van der Waals surface area contributed by atoms with Gasteiger partial charge in [-0.1, -0.05) is 41.9 Å². The van der Waals surface area contributed by atoms with Crippen LogP contribution in [0.2, 0.25) is 5.02 Å². The molecule has 0 saturated carbocycles. The number of benzene rings is 2. The largest absolute Gasteiger partial charge is 0.354 e. The second-order valence-corrected chi connectivity index (χ2v) is 8.64. The highest BCUT2D eigenvalue weighted by atomic mass is 35.5. The van der Waals surface area contributed by atoms with Gasteiger partial charge in [0.15, 0.2) is 5.76 Å². The van der Waals surface area contributed by atoms with Crippen LogP contribution in [0.1, 0.15) is 30.4 Å². The summed E-state index contributed by atoms with van der Waals surface area (Å²) in [6.07, 6.45) is 3.65. The van der Waals surface area contributed by atoms with Gasteiger partial charge in [0, 0.05) is 6.42 Å². The highest BCUT2D eigenvalue weighted by molar-refractivity contribution is 7.92. The van der Waals surface area contributed by atoms with Crippen molar-refractivity contribution in [3.8, 4) is 0 Å². The molecule has 2 N–H and O–H groups in total. The maximum Gasteiger partial charge on any atom is 0.261 e. The second-order valence-electron chi connectivity index (χ2n) is 6.55. The van der Waals surface area contributed by atoms with Gasteiger partial charge in [-0.3, -0.25) is 9.52 Å². The lowest BCUT2D eigenvalue weighted by atomic mass is 10.2. The smallest absolute Gasteiger partial charge is 0.261 e. The molecule has 3 rings (SSSR count). The minimum atomic E-state index is -3.88. The van der Waals surface area contributed by atoms with Gasteiger partial charge in [0.05, 0.1) is 15.6 Å². The number of rotatable bonds is 7. The van der Waals surface area contributed by atoms with Gasteiger partial charge < -0.3 is 9.84 Å². The van der Waals surface area contributed by atoms with Gasteiger partial charge >= 0.3 is 0 Å². The van der Waals surface area contributed by atoms with Crippen molar-refractivity contribution in [3.05, 3.63) is 70.3 Å². The summed E-state index contributed by atoms with van der Waals surface area (Å²) in [5, 5.41) is 6.41. The molecular weight excluding hydrogens is 445 g/mol. The topological polar surface area (TPSA) is 101 Å². The lowest BCUT2D eigenvalue weighted by Crippen LogP contribution is -2.12. The summed E-state index contributed by atoms with van der Waals surface area (Å²) in [5.41, 5.74) is 1.89. The molecule has 0 spiro atoms. The molecule has 0 saturated heterocycles. The van der Waals surface area contributed by atoms with Crippen molar-refractivity contribution in [1.29, 1.82) is 0 Å². The molecule has 1 amide bonds. The summed E-state index contributed by atoms with van der Waals surface area (Å²) in [4.78, 5) is 11.7. The van der Waals surface area contributed by atoms with Gasteiger partial charge in [0.2, 0.25) is 5.91 Å². The van der Waals surface area contributed by atoms with Gasteiger partial charge in [-0.05, 0) is 48.9 Å². The summed E-state index contributed by atoms with van der Waals surface area (Å²) >= 11 is 5.69. The summed E-state index contributed by atoms with van der Waals surface area (Å²) < 4.78 is 45.9. The first-order valence-electron chi connectivity index (χ1n) is 9.21. The Morgan fingerprint density at radius 2 is 1.90 bits per heavy atom. The number of hydrogen-bond donors (Lipinski definition) is 2. The van der Waals surface area contributed by atoms with E-state index in [4.69, 9.17) is 16.1 Å². The number of aryl methyl sites for hydroxylation is 1. The monoisotopic (exact) mass is 463 g/mol. The molecular formula is C21H19ClFN3O4S. The first-order valence-corrected chi connectivity index (χ1v) is 11.1. The van der Waals surface area contributed by atoms with Crippen LogP contribution in [0.4, 0.5) is 15.8 Å². The van der Waals surface area contributed by atoms with Crippen molar-refractivity contribution in [2.24, 2.45) is 0 Å². The summed E-state index contributed by atoms with van der Waals surface area (Å²) in [7, 11) is -3.88. The van der Waals surface area contributed by atoms with Gasteiger partial charge in [0.25, 0.3) is 10.0 Å². The van der Waals surface area contributed by atoms with Crippen LogP contribution in [-0.2, 0) is 14.8 Å². The van der Waals surface area contributed by atoms with Crippen LogP contribution < -0.4 is 10.0 Å². The summed E-state index contributed by atoms with van der Waals surface area (Å²) in [6.45, 7) is 3.45. The normalized spacial score (nSPS) is 11.6. The van der Waals surface area contributed by atoms with Crippen LogP contribution in [0.3, 0.4) is 0 Å². The van der Waals surface area contributed by atoms with E-state index >= 15 is 0 Å². The van der Waals surface area contributed by atoms with Crippen molar-refractivity contribution in [2.75, 3.05) is 10.0 Å². The van der Waals surface area contributed by atoms with Crippen molar-refractivity contribution in [3.63, 3.8) is 0 Å². The SMILES string of the molecule is CCC(=O)Nc1c(C)noc1/C=C\c1ccc(S(=O)(=O)Nc2ccc(F)c(Cl)c2)cc1. The zero-order chi connectivity index (χ0) is 22.6. The Hall–Kier alpha value is -3.17. The molecule has 0 radical (unpaired) electrons. The summed E-state index contributed by atoms with van der Waals surface area (Å²) in [6, 6.07) is 9.63. The lowest BCUT2D eigenvalue weighted by molar-refractivity contribution is -0.115. The molecule has 0 aliphatic heterocycles. The number of carbonyl (C=O) groups excluding carboxylic acids is 1. The Bertz CT molecular complexity index is 1240. The molecule has 0 unspecified atom stereocenters. The van der Waals surface area contributed by atoms with Crippen LogP contribution in [0, 0.1) is 12.7 Å². The van der Waals surface area contributed by atoms with Gasteiger partial charge in [0.1, 0.15) is 17.2 Å². The molecule has 0 aliphatic rings. The molecule has 1 heterocycles. The maximum atomic E-state index is 13.3. The number of amides is 1. The van der Waals surface area contributed by atoms with E-state index in [1.807, 2.05) is 0 Å². The van der Waals surface area contributed by atoms with E-state index in [1.165, 1.54) is 24.3 Å². The van der Waals surface area contributed by atoms with Gasteiger partial charge in [-0.25, -0.2) is 12.8 Å². The molecule has 0 aliphatic carbocycles. The fraction of sp³-hybridized carbons (Fsp3) is 0.143. The Kier molecular flexibility index (Phi) is 6.77. The average molecular weight is 464 g/mol. The van der Waals surface area contributed by atoms with E-state index in [0.29, 0.717) is 29.1 Å². The minimum Gasteiger partial charge on any atom is -0.354 e. The third-order valence-corrected chi connectivity index (χ3v) is 5.95. The molecule has 0 fully saturated rings. The highest BCUT2D eigenvalue weighted by Gasteiger charge is 2.15. The molecule has 3 aromatic rings. The molecule has 10 heteroatoms. The predicted octanol–water partition coefficient (Wildman–Crippen LogP) is 5.10. The van der Waals surface area contributed by atoms with Crippen LogP contribution in [0.15, 0.2) is 51.9 Å². The number of sulfonamides is 1. The Balaban J connectivity index is 1.76. The zero-order valence-electron chi connectivity index (χ0n) is 16.6. The number of carbonyl (C=O) groups is 1. The lowest BCUT2D eigenvalue weighted by Gasteiger charge is -2.09. The molecule has 0 atom stereocenters. The van der Waals surface area contributed by atoms with E-state index < -0.39 is 15.8 Å². The van der Waals surface area contributed by atoms with Crippen molar-refractivity contribution in [2.45, 2.75) is 25.2 Å². The molecule has 31 heavy (non-hydrogen) atoms. The third-order valence-electron chi connectivity index (χ3n) is 4.26. The Morgan fingerprint density at radius 3 is 2.55 bits per heavy atom. The maximum absolute atomic E-state index is 13.3. The number of nitrogens with one attached hydrogen (secondary N) is 2. The van der Waals surface area contributed by atoms with Gasteiger partial charge in [-0.15, -0.1) is 0 Å². The third kappa shape index (κ3) is 5.50. The molecule has 0 bridgehead atoms. The first-order chi connectivity index (χ1) is 14.7. The molecule has 7 nitrogen and oxygen atoms in total. The van der Waals surface area contributed by atoms with E-state index in [1.54, 1.807) is 38.1 Å². The molecule has 2 aromatic carbocycles. The zero-order valence-corrected chi connectivity index (χ0v) is 18.2.